The van der Waals surface area contributed by atoms with Gasteiger partial charge in [-0.3, -0.25) is 4.79 Å². The molecule has 2 rings (SSSR count). The molecule has 0 aromatic heterocycles. The molecule has 2 atom stereocenters. The van der Waals surface area contributed by atoms with Gasteiger partial charge in [-0.05, 0) is 68.9 Å². The van der Waals surface area contributed by atoms with E-state index in [-0.39, 0.29) is 0 Å². The summed E-state index contributed by atoms with van der Waals surface area (Å²) in [4.78, 5) is 14.6. The van der Waals surface area contributed by atoms with E-state index in [2.05, 4.69) is 31.0 Å². The van der Waals surface area contributed by atoms with Crippen molar-refractivity contribution in [3.8, 4) is 0 Å². The number of carbonyl (C=O) groups excluding carboxylic acids is 1. The van der Waals surface area contributed by atoms with Gasteiger partial charge in [-0.15, -0.1) is 0 Å². The molecule has 1 saturated carbocycles. The number of hydrogen-bond donors (Lipinski definition) is 1. The van der Waals surface area contributed by atoms with Crippen LogP contribution in [0.15, 0.2) is 0 Å². The summed E-state index contributed by atoms with van der Waals surface area (Å²) in [5.41, 5.74) is 0.474. The molecule has 1 N–H and O–H groups in total. The van der Waals surface area contributed by atoms with Gasteiger partial charge in [-0.25, -0.2) is 0 Å². The molecule has 1 heterocycles. The van der Waals surface area contributed by atoms with E-state index in [4.69, 9.17) is 0 Å². The van der Waals surface area contributed by atoms with Crippen LogP contribution in [0.4, 0.5) is 0 Å². The molecule has 1 aliphatic heterocycles. The molecule has 0 spiro atoms. The first-order valence-electron chi connectivity index (χ1n) is 8.85. The zero-order chi connectivity index (χ0) is 15.5. The number of hydrogen-bond acceptors (Lipinski definition) is 2. The average molecular weight is 294 g/mol. The van der Waals surface area contributed by atoms with E-state index in [0.29, 0.717) is 29.2 Å². The van der Waals surface area contributed by atoms with E-state index in [0.717, 1.165) is 19.5 Å². The van der Waals surface area contributed by atoms with Crippen molar-refractivity contribution in [3.05, 3.63) is 0 Å². The van der Waals surface area contributed by atoms with Gasteiger partial charge in [0.05, 0.1) is 0 Å². The highest BCUT2D eigenvalue weighted by Crippen LogP contribution is 2.37. The lowest BCUT2D eigenvalue weighted by atomic mass is 9.75. The molecule has 3 heteroatoms. The highest BCUT2D eigenvalue weighted by molar-refractivity contribution is 5.76. The molecule has 1 amide bonds. The van der Waals surface area contributed by atoms with Crippen LogP contribution in [-0.2, 0) is 4.79 Å². The molecule has 21 heavy (non-hydrogen) atoms. The summed E-state index contributed by atoms with van der Waals surface area (Å²) in [5, 5.41) is 3.47. The van der Waals surface area contributed by atoms with Crippen LogP contribution in [0.25, 0.3) is 0 Å². The van der Waals surface area contributed by atoms with Crippen LogP contribution in [0.1, 0.15) is 65.7 Å². The summed E-state index contributed by atoms with van der Waals surface area (Å²) in [5.74, 6) is 1.55. The SMILES string of the molecule is CC(CC(=O)N(C)C1CCC(C)(C)CC1)C1CCCNC1. The smallest absolute Gasteiger partial charge is 0.222 e. The van der Waals surface area contributed by atoms with Crippen LogP contribution < -0.4 is 5.32 Å². The zero-order valence-corrected chi connectivity index (χ0v) is 14.5. The Morgan fingerprint density at radius 2 is 1.95 bits per heavy atom. The third-order valence-electron chi connectivity index (χ3n) is 5.89. The van der Waals surface area contributed by atoms with E-state index in [1.165, 1.54) is 38.5 Å². The van der Waals surface area contributed by atoms with Gasteiger partial charge in [0.2, 0.25) is 5.91 Å². The van der Waals surface area contributed by atoms with E-state index >= 15 is 0 Å². The molecule has 3 nitrogen and oxygen atoms in total. The lowest BCUT2D eigenvalue weighted by Crippen LogP contribution is -2.42. The lowest BCUT2D eigenvalue weighted by Gasteiger charge is -2.39. The van der Waals surface area contributed by atoms with Crippen LogP contribution in [0.3, 0.4) is 0 Å². The van der Waals surface area contributed by atoms with E-state index < -0.39 is 0 Å². The van der Waals surface area contributed by atoms with Crippen molar-refractivity contribution in [1.29, 1.82) is 0 Å². The average Bonchev–Trinajstić information content (AvgIpc) is 2.47. The van der Waals surface area contributed by atoms with Crippen molar-refractivity contribution in [1.82, 2.24) is 10.2 Å². The van der Waals surface area contributed by atoms with Gasteiger partial charge in [-0.1, -0.05) is 20.8 Å². The molecule has 2 fully saturated rings. The maximum absolute atomic E-state index is 12.6. The fraction of sp³-hybridized carbons (Fsp3) is 0.944. The highest BCUT2D eigenvalue weighted by atomic mass is 16.2. The molecule has 0 bridgehead atoms. The highest BCUT2D eigenvalue weighted by Gasteiger charge is 2.31. The molecule has 0 aromatic rings. The number of nitrogens with zero attached hydrogens (tertiary/aromatic N) is 1. The number of nitrogens with one attached hydrogen (secondary N) is 1. The lowest BCUT2D eigenvalue weighted by molar-refractivity contribution is -0.134. The molecule has 0 radical (unpaired) electrons. The van der Waals surface area contributed by atoms with Crippen molar-refractivity contribution in [2.24, 2.45) is 17.3 Å². The van der Waals surface area contributed by atoms with Gasteiger partial charge in [-0.2, -0.15) is 0 Å². The topological polar surface area (TPSA) is 32.3 Å². The second-order valence-corrected chi connectivity index (χ2v) is 8.19. The van der Waals surface area contributed by atoms with Gasteiger partial charge in [0.15, 0.2) is 0 Å². The van der Waals surface area contributed by atoms with Crippen LogP contribution in [0, 0.1) is 17.3 Å². The Kier molecular flexibility index (Phi) is 5.70. The van der Waals surface area contributed by atoms with Crippen molar-refractivity contribution >= 4 is 5.91 Å². The molecule has 122 valence electrons. The van der Waals surface area contributed by atoms with Crippen molar-refractivity contribution < 1.29 is 4.79 Å². The maximum atomic E-state index is 12.6. The fourth-order valence-corrected chi connectivity index (χ4v) is 3.93. The molecular formula is C18H34N2O. The third kappa shape index (κ3) is 4.70. The molecular weight excluding hydrogens is 260 g/mol. The minimum Gasteiger partial charge on any atom is -0.343 e. The van der Waals surface area contributed by atoms with E-state index in [1.807, 2.05) is 7.05 Å². The number of carbonyl (C=O) groups is 1. The van der Waals surface area contributed by atoms with Gasteiger partial charge in [0.1, 0.15) is 0 Å². The Morgan fingerprint density at radius 1 is 1.29 bits per heavy atom. The van der Waals surface area contributed by atoms with Crippen molar-refractivity contribution in [3.63, 3.8) is 0 Å². The first-order chi connectivity index (χ1) is 9.89. The Labute approximate surface area is 130 Å². The molecule has 2 unspecified atom stereocenters. The summed E-state index contributed by atoms with van der Waals surface area (Å²) in [6, 6.07) is 0.474. The van der Waals surface area contributed by atoms with E-state index in [9.17, 15) is 4.79 Å². The number of amides is 1. The summed E-state index contributed by atoms with van der Waals surface area (Å²) in [6.45, 7) is 9.20. The predicted molar refractivity (Wildman–Crippen MR) is 88.2 cm³/mol. The van der Waals surface area contributed by atoms with Crippen LogP contribution in [-0.4, -0.2) is 37.0 Å². The quantitative estimate of drug-likeness (QED) is 0.861. The van der Waals surface area contributed by atoms with Crippen molar-refractivity contribution in [2.45, 2.75) is 71.8 Å². The Balaban J connectivity index is 1.79. The van der Waals surface area contributed by atoms with Crippen molar-refractivity contribution in [2.75, 3.05) is 20.1 Å². The van der Waals surface area contributed by atoms with Crippen LogP contribution >= 0.6 is 0 Å². The molecule has 1 aliphatic carbocycles. The summed E-state index contributed by atoms with van der Waals surface area (Å²) < 4.78 is 0. The van der Waals surface area contributed by atoms with Gasteiger partial charge in [0.25, 0.3) is 0 Å². The molecule has 0 aromatic carbocycles. The largest absolute Gasteiger partial charge is 0.343 e. The monoisotopic (exact) mass is 294 g/mol. The second-order valence-electron chi connectivity index (χ2n) is 8.19. The predicted octanol–water partition coefficient (Wildman–Crippen LogP) is 3.44. The minimum atomic E-state index is 0.359. The normalized spacial score (nSPS) is 28.1. The standard InChI is InChI=1S/C18H34N2O/c1-14(15-6-5-11-19-13-15)12-17(21)20(4)16-7-9-18(2,3)10-8-16/h14-16,19H,5-13H2,1-4H3. The third-order valence-corrected chi connectivity index (χ3v) is 5.89. The maximum Gasteiger partial charge on any atom is 0.222 e. The second kappa shape index (κ2) is 7.13. The molecule has 1 saturated heterocycles. The molecule has 2 aliphatic rings. The summed E-state index contributed by atoms with van der Waals surface area (Å²) >= 11 is 0. The zero-order valence-electron chi connectivity index (χ0n) is 14.5. The summed E-state index contributed by atoms with van der Waals surface area (Å²) in [7, 11) is 2.02. The number of piperidine rings is 1. The Bertz CT molecular complexity index is 337. The van der Waals surface area contributed by atoms with Gasteiger partial charge >= 0.3 is 0 Å². The van der Waals surface area contributed by atoms with Gasteiger partial charge < -0.3 is 10.2 Å². The fourth-order valence-electron chi connectivity index (χ4n) is 3.93. The Morgan fingerprint density at radius 3 is 2.52 bits per heavy atom. The first kappa shape index (κ1) is 16.8. The van der Waals surface area contributed by atoms with Crippen LogP contribution in [0.2, 0.25) is 0 Å². The van der Waals surface area contributed by atoms with E-state index in [1.54, 1.807) is 0 Å². The van der Waals surface area contributed by atoms with Gasteiger partial charge in [0, 0.05) is 19.5 Å². The first-order valence-corrected chi connectivity index (χ1v) is 8.85. The minimum absolute atomic E-state index is 0.359. The number of rotatable bonds is 4. The Hall–Kier alpha value is -0.570. The summed E-state index contributed by atoms with van der Waals surface area (Å²) in [6.07, 6.45) is 8.11. The van der Waals surface area contributed by atoms with Crippen LogP contribution in [0.5, 0.6) is 0 Å².